The summed E-state index contributed by atoms with van der Waals surface area (Å²) >= 11 is 0. The average Bonchev–Trinajstić information content (AvgIpc) is 1.78. The molecule has 14 heavy (non-hydrogen) atoms. The molecule has 0 saturated heterocycles. The first-order chi connectivity index (χ1) is 6.06. The summed E-state index contributed by atoms with van der Waals surface area (Å²) in [6, 6.07) is 0. The molecule has 2 nitrogen and oxygen atoms in total. The van der Waals surface area contributed by atoms with Gasteiger partial charge in [-0.2, -0.15) is 0 Å². The Morgan fingerprint density at radius 2 is 1.71 bits per heavy atom. The van der Waals surface area contributed by atoms with Gasteiger partial charge in [0.05, 0.1) is 0 Å². The van der Waals surface area contributed by atoms with Crippen LogP contribution in [0.2, 0.25) is 18.1 Å². The third-order valence-electron chi connectivity index (χ3n) is 3.59. The highest BCUT2D eigenvalue weighted by atomic mass is 28.4. The van der Waals surface area contributed by atoms with E-state index in [2.05, 4.69) is 40.8 Å². The van der Waals surface area contributed by atoms with E-state index in [0.29, 0.717) is 5.92 Å². The lowest BCUT2D eigenvalue weighted by Gasteiger charge is -2.49. The molecule has 1 aliphatic carbocycles. The van der Waals surface area contributed by atoms with Gasteiger partial charge in [-0.3, -0.25) is 0 Å². The first-order valence-electron chi connectivity index (χ1n) is 5.48. The molecular weight excluding hydrogens is 192 g/mol. The van der Waals surface area contributed by atoms with Crippen molar-refractivity contribution in [1.29, 1.82) is 0 Å². The Labute approximate surface area is 88.8 Å². The largest absolute Gasteiger partial charge is 0.390 e. The highest BCUT2D eigenvalue weighted by Gasteiger charge is 2.49. The molecule has 1 N–H and O–H groups in total. The number of hydrogen-bond donors (Lipinski definition) is 1. The Kier molecular flexibility index (Phi) is 2.90. The molecule has 0 atom stereocenters. The minimum absolute atomic E-state index is 0.182. The van der Waals surface area contributed by atoms with Crippen molar-refractivity contribution in [1.82, 2.24) is 0 Å². The molecule has 3 heteroatoms. The molecule has 0 bridgehead atoms. The van der Waals surface area contributed by atoms with Gasteiger partial charge in [-0.25, -0.2) is 0 Å². The minimum atomic E-state index is -1.79. The van der Waals surface area contributed by atoms with Crippen molar-refractivity contribution in [2.45, 2.75) is 64.5 Å². The van der Waals surface area contributed by atoms with Crippen LogP contribution in [0.1, 0.15) is 40.5 Å². The molecular formula is C11H24O2Si. The standard InChI is InChI=1S/C11H24O2Si/c1-9-7-11(12,8-9)13-14(5,6)10(2,3)4/h9,12H,7-8H2,1-6H3. The smallest absolute Gasteiger partial charge is 0.195 e. The van der Waals surface area contributed by atoms with E-state index in [1.54, 1.807) is 0 Å². The molecule has 1 fully saturated rings. The molecule has 0 aromatic carbocycles. The van der Waals surface area contributed by atoms with Crippen molar-refractivity contribution in [3.05, 3.63) is 0 Å². The lowest BCUT2D eigenvalue weighted by molar-refractivity contribution is -0.219. The van der Waals surface area contributed by atoms with Crippen molar-refractivity contribution in [2.24, 2.45) is 5.92 Å². The molecule has 1 rings (SSSR count). The maximum atomic E-state index is 10.1. The number of hydrogen-bond acceptors (Lipinski definition) is 2. The van der Waals surface area contributed by atoms with Crippen LogP contribution in [-0.2, 0) is 4.43 Å². The second kappa shape index (κ2) is 3.32. The van der Waals surface area contributed by atoms with Gasteiger partial charge in [-0.1, -0.05) is 27.7 Å². The molecule has 0 unspecified atom stereocenters. The summed E-state index contributed by atoms with van der Waals surface area (Å²) in [7, 11) is -1.79. The normalized spacial score (nSPS) is 34.1. The molecule has 0 aromatic heterocycles. The average molecular weight is 216 g/mol. The van der Waals surface area contributed by atoms with Gasteiger partial charge in [0.25, 0.3) is 0 Å². The molecule has 0 amide bonds. The Balaban J connectivity index is 2.60. The Morgan fingerprint density at radius 3 is 2.00 bits per heavy atom. The quantitative estimate of drug-likeness (QED) is 0.567. The highest BCUT2D eigenvalue weighted by Crippen LogP contribution is 2.45. The van der Waals surface area contributed by atoms with E-state index in [4.69, 9.17) is 4.43 Å². The van der Waals surface area contributed by atoms with E-state index in [1.807, 2.05) is 0 Å². The number of aliphatic hydroxyl groups is 1. The van der Waals surface area contributed by atoms with E-state index >= 15 is 0 Å². The topological polar surface area (TPSA) is 29.5 Å². The maximum Gasteiger partial charge on any atom is 0.195 e. The first-order valence-corrected chi connectivity index (χ1v) is 8.39. The van der Waals surface area contributed by atoms with Crippen LogP contribution in [0, 0.1) is 5.92 Å². The Hall–Kier alpha value is 0.137. The summed E-state index contributed by atoms with van der Waals surface area (Å²) in [5.41, 5.74) is 0. The van der Waals surface area contributed by atoms with Crippen LogP contribution in [0.4, 0.5) is 0 Å². The zero-order valence-electron chi connectivity index (χ0n) is 10.3. The summed E-state index contributed by atoms with van der Waals surface area (Å²) in [5, 5.41) is 10.3. The summed E-state index contributed by atoms with van der Waals surface area (Å²) in [5.74, 6) is -0.188. The summed E-state index contributed by atoms with van der Waals surface area (Å²) in [6.45, 7) is 13.1. The zero-order valence-corrected chi connectivity index (χ0v) is 11.3. The SMILES string of the molecule is CC1CC(O)(O[Si](C)(C)C(C)(C)C)C1. The van der Waals surface area contributed by atoms with Crippen molar-refractivity contribution >= 4 is 8.32 Å². The van der Waals surface area contributed by atoms with Crippen molar-refractivity contribution in [3.63, 3.8) is 0 Å². The van der Waals surface area contributed by atoms with E-state index in [9.17, 15) is 5.11 Å². The molecule has 1 saturated carbocycles. The molecule has 0 spiro atoms. The van der Waals surface area contributed by atoms with Crippen LogP contribution in [0.5, 0.6) is 0 Å². The molecule has 84 valence electrons. The number of rotatable bonds is 2. The van der Waals surface area contributed by atoms with Crippen LogP contribution in [0.25, 0.3) is 0 Å². The predicted molar refractivity (Wildman–Crippen MR) is 61.6 cm³/mol. The van der Waals surface area contributed by atoms with E-state index < -0.39 is 14.1 Å². The summed E-state index contributed by atoms with van der Waals surface area (Å²) in [6.07, 6.45) is 1.61. The fourth-order valence-corrected chi connectivity index (χ4v) is 3.16. The lowest BCUT2D eigenvalue weighted by atomic mass is 9.81. The van der Waals surface area contributed by atoms with Crippen LogP contribution < -0.4 is 0 Å². The van der Waals surface area contributed by atoms with Gasteiger partial charge in [0, 0.05) is 12.8 Å². The maximum absolute atomic E-state index is 10.1. The van der Waals surface area contributed by atoms with Gasteiger partial charge in [0.15, 0.2) is 14.1 Å². The van der Waals surface area contributed by atoms with E-state index in [0.717, 1.165) is 12.8 Å². The Bertz CT molecular complexity index is 212. The molecule has 1 aliphatic rings. The van der Waals surface area contributed by atoms with Crippen LogP contribution in [0.15, 0.2) is 0 Å². The van der Waals surface area contributed by atoms with Crippen LogP contribution in [0.3, 0.4) is 0 Å². The van der Waals surface area contributed by atoms with E-state index in [-0.39, 0.29) is 5.04 Å². The molecule has 0 heterocycles. The van der Waals surface area contributed by atoms with Gasteiger partial charge in [0.1, 0.15) is 0 Å². The van der Waals surface area contributed by atoms with Crippen molar-refractivity contribution < 1.29 is 9.53 Å². The Morgan fingerprint density at radius 1 is 1.29 bits per heavy atom. The second-order valence-electron chi connectivity index (χ2n) is 6.32. The fraction of sp³-hybridized carbons (Fsp3) is 1.00. The lowest BCUT2D eigenvalue weighted by Crippen LogP contribution is -2.55. The van der Waals surface area contributed by atoms with Gasteiger partial charge in [-0.05, 0) is 24.1 Å². The highest BCUT2D eigenvalue weighted by molar-refractivity contribution is 6.74. The summed E-state index contributed by atoms with van der Waals surface area (Å²) < 4.78 is 5.99. The molecule has 0 aromatic rings. The third-order valence-corrected chi connectivity index (χ3v) is 8.09. The molecule has 0 aliphatic heterocycles. The first kappa shape index (κ1) is 12.2. The van der Waals surface area contributed by atoms with Crippen molar-refractivity contribution in [3.8, 4) is 0 Å². The van der Waals surface area contributed by atoms with Gasteiger partial charge < -0.3 is 9.53 Å². The van der Waals surface area contributed by atoms with E-state index in [1.165, 1.54) is 0 Å². The second-order valence-corrected chi connectivity index (χ2v) is 11.0. The third kappa shape index (κ3) is 2.38. The van der Waals surface area contributed by atoms with Gasteiger partial charge in [0.2, 0.25) is 0 Å². The van der Waals surface area contributed by atoms with Gasteiger partial charge in [-0.15, -0.1) is 0 Å². The minimum Gasteiger partial charge on any atom is -0.390 e. The fourth-order valence-electron chi connectivity index (χ4n) is 1.74. The van der Waals surface area contributed by atoms with Crippen LogP contribution >= 0.6 is 0 Å². The van der Waals surface area contributed by atoms with Crippen molar-refractivity contribution in [2.75, 3.05) is 0 Å². The van der Waals surface area contributed by atoms with Gasteiger partial charge >= 0.3 is 0 Å². The summed E-state index contributed by atoms with van der Waals surface area (Å²) in [4.78, 5) is 0. The zero-order chi connectivity index (χ0) is 11.2. The molecule has 0 radical (unpaired) electrons. The predicted octanol–water partition coefficient (Wildman–Crippen LogP) is 3.13. The van der Waals surface area contributed by atoms with Crippen LogP contribution in [-0.4, -0.2) is 19.2 Å². The monoisotopic (exact) mass is 216 g/mol.